The average Bonchev–Trinajstić information content (AvgIpc) is 3.38. The van der Waals surface area contributed by atoms with E-state index in [-0.39, 0.29) is 11.4 Å². The van der Waals surface area contributed by atoms with Gasteiger partial charge in [-0.05, 0) is 74.0 Å². The molecule has 1 saturated heterocycles. The second-order valence-electron chi connectivity index (χ2n) is 10.4. The molecule has 0 radical (unpaired) electrons. The lowest BCUT2D eigenvalue weighted by Crippen LogP contribution is -2.44. The minimum Gasteiger partial charge on any atom is -0.492 e. The fourth-order valence-corrected chi connectivity index (χ4v) is 5.21. The number of hydrogen-bond acceptors (Lipinski definition) is 6. The van der Waals surface area contributed by atoms with E-state index in [0.29, 0.717) is 30.9 Å². The van der Waals surface area contributed by atoms with Gasteiger partial charge in [0, 0.05) is 62.3 Å². The van der Waals surface area contributed by atoms with Crippen LogP contribution in [0.5, 0.6) is 5.75 Å². The van der Waals surface area contributed by atoms with Gasteiger partial charge in [0.15, 0.2) is 5.82 Å². The molecule has 6 rings (SSSR count). The van der Waals surface area contributed by atoms with Gasteiger partial charge in [-0.25, -0.2) is 9.07 Å². The zero-order valence-electron chi connectivity index (χ0n) is 22.7. The van der Waals surface area contributed by atoms with E-state index in [1.807, 2.05) is 30.5 Å². The van der Waals surface area contributed by atoms with Gasteiger partial charge in [0.1, 0.15) is 11.6 Å². The predicted molar refractivity (Wildman–Crippen MR) is 155 cm³/mol. The molecule has 4 heterocycles. The quantitative estimate of drug-likeness (QED) is 0.262. The van der Waals surface area contributed by atoms with Gasteiger partial charge in [-0.1, -0.05) is 6.07 Å². The van der Waals surface area contributed by atoms with E-state index in [2.05, 4.69) is 33.0 Å². The number of aromatic nitrogens is 4. The molecule has 0 saturated carbocycles. The van der Waals surface area contributed by atoms with Crippen molar-refractivity contribution in [2.75, 3.05) is 46.4 Å². The minimum absolute atomic E-state index is 0.180. The molecule has 40 heavy (non-hydrogen) atoms. The Kier molecular flexibility index (Phi) is 7.57. The number of piperazine rings is 1. The molecule has 0 unspecified atom stereocenters. The zero-order valence-corrected chi connectivity index (χ0v) is 22.7. The standard InChI is InChI=1S/C31H33FN6O2/c1-35-14-16-36(17-15-35)11-2-18-40-27-20-25-19-23(3-6-28(25)33-22-27)9-13-38-31(39)8-7-30(34-38)37-12-10-24-4-5-26(32)21-29(24)37/h3-8,10,12,19-22H,2,9,11,13-18H2,1H3. The van der Waals surface area contributed by atoms with E-state index in [0.717, 1.165) is 66.7 Å². The number of nitrogens with zero attached hydrogens (tertiary/aromatic N) is 6. The van der Waals surface area contributed by atoms with Crippen LogP contribution in [0.25, 0.3) is 27.6 Å². The summed E-state index contributed by atoms with van der Waals surface area (Å²) in [7, 11) is 2.17. The van der Waals surface area contributed by atoms with Gasteiger partial charge in [-0.2, -0.15) is 5.10 Å². The lowest BCUT2D eigenvalue weighted by atomic mass is 10.1. The van der Waals surface area contributed by atoms with Crippen molar-refractivity contribution >= 4 is 21.8 Å². The van der Waals surface area contributed by atoms with Crippen molar-refractivity contribution in [2.24, 2.45) is 0 Å². The normalized spacial score (nSPS) is 14.8. The molecule has 1 aliphatic heterocycles. The summed E-state index contributed by atoms with van der Waals surface area (Å²) < 4.78 is 23.1. The van der Waals surface area contributed by atoms with Gasteiger partial charge in [-0.15, -0.1) is 0 Å². The largest absolute Gasteiger partial charge is 0.492 e. The highest BCUT2D eigenvalue weighted by Crippen LogP contribution is 2.22. The second-order valence-corrected chi connectivity index (χ2v) is 10.4. The number of halogens is 1. The molecular formula is C31H33FN6O2. The molecule has 2 aromatic carbocycles. The van der Waals surface area contributed by atoms with Crippen molar-refractivity contribution in [1.29, 1.82) is 0 Å². The summed E-state index contributed by atoms with van der Waals surface area (Å²) >= 11 is 0. The Morgan fingerprint density at radius 1 is 0.925 bits per heavy atom. The average molecular weight is 541 g/mol. The van der Waals surface area contributed by atoms with Crippen LogP contribution in [0, 0.1) is 5.82 Å². The van der Waals surface area contributed by atoms with Gasteiger partial charge >= 0.3 is 0 Å². The van der Waals surface area contributed by atoms with Crippen LogP contribution in [0.15, 0.2) is 77.9 Å². The van der Waals surface area contributed by atoms with E-state index in [4.69, 9.17) is 4.74 Å². The highest BCUT2D eigenvalue weighted by molar-refractivity contribution is 5.82. The van der Waals surface area contributed by atoms with Gasteiger partial charge in [0.2, 0.25) is 0 Å². The number of likely N-dealkylation sites (N-methyl/N-ethyl adjacent to an activating group) is 1. The number of pyridine rings is 1. The molecule has 0 amide bonds. The summed E-state index contributed by atoms with van der Waals surface area (Å²) in [5.41, 5.74) is 2.50. The molecule has 5 aromatic rings. The minimum atomic E-state index is -0.314. The summed E-state index contributed by atoms with van der Waals surface area (Å²) in [6, 6.07) is 17.9. The van der Waals surface area contributed by atoms with E-state index < -0.39 is 0 Å². The number of aryl methyl sites for hydroxylation is 2. The Morgan fingerprint density at radius 2 is 1.80 bits per heavy atom. The smallest absolute Gasteiger partial charge is 0.266 e. The topological polar surface area (TPSA) is 68.4 Å². The molecule has 1 fully saturated rings. The van der Waals surface area contributed by atoms with Crippen LogP contribution >= 0.6 is 0 Å². The number of hydrogen-bond donors (Lipinski definition) is 0. The third-order valence-corrected chi connectivity index (χ3v) is 7.57. The van der Waals surface area contributed by atoms with Gasteiger partial charge in [0.25, 0.3) is 5.56 Å². The summed E-state index contributed by atoms with van der Waals surface area (Å²) in [4.78, 5) is 22.0. The molecule has 0 N–H and O–H groups in total. The van der Waals surface area contributed by atoms with Crippen molar-refractivity contribution in [3.05, 3.63) is 94.8 Å². The fourth-order valence-electron chi connectivity index (χ4n) is 5.21. The summed E-state index contributed by atoms with van der Waals surface area (Å²) in [5, 5.41) is 6.48. The van der Waals surface area contributed by atoms with E-state index in [9.17, 15) is 9.18 Å². The van der Waals surface area contributed by atoms with Crippen LogP contribution in [-0.4, -0.2) is 75.5 Å². The summed E-state index contributed by atoms with van der Waals surface area (Å²) in [5.74, 6) is 1.02. The molecule has 0 aliphatic carbocycles. The molecule has 8 nitrogen and oxygen atoms in total. The third-order valence-electron chi connectivity index (χ3n) is 7.57. The van der Waals surface area contributed by atoms with Crippen molar-refractivity contribution in [2.45, 2.75) is 19.4 Å². The molecular weight excluding hydrogens is 507 g/mol. The number of fused-ring (bicyclic) bond motifs is 2. The molecule has 206 valence electrons. The number of benzene rings is 2. The Hall–Kier alpha value is -4.08. The zero-order chi connectivity index (χ0) is 27.5. The lowest BCUT2D eigenvalue weighted by molar-refractivity contribution is 0.145. The predicted octanol–water partition coefficient (Wildman–Crippen LogP) is 4.13. The molecule has 0 spiro atoms. The maximum atomic E-state index is 13.9. The van der Waals surface area contributed by atoms with Gasteiger partial charge in [0.05, 0.1) is 23.8 Å². The Morgan fingerprint density at radius 3 is 2.67 bits per heavy atom. The Labute approximate surface area is 232 Å². The van der Waals surface area contributed by atoms with E-state index in [1.54, 1.807) is 22.9 Å². The first-order chi connectivity index (χ1) is 19.5. The van der Waals surface area contributed by atoms with Crippen LogP contribution in [0.2, 0.25) is 0 Å². The second kappa shape index (κ2) is 11.6. The monoisotopic (exact) mass is 540 g/mol. The maximum Gasteiger partial charge on any atom is 0.266 e. The highest BCUT2D eigenvalue weighted by atomic mass is 19.1. The highest BCUT2D eigenvalue weighted by Gasteiger charge is 2.13. The SMILES string of the molecule is CN1CCN(CCCOc2cnc3ccc(CCn4nc(-n5ccc6ccc(F)cc65)ccc4=O)cc3c2)CC1. The number of ether oxygens (including phenoxy) is 1. The molecule has 3 aromatic heterocycles. The first kappa shape index (κ1) is 26.2. The van der Waals surface area contributed by atoms with Crippen molar-refractivity contribution in [3.8, 4) is 11.6 Å². The maximum absolute atomic E-state index is 13.9. The third kappa shape index (κ3) is 5.90. The van der Waals surface area contributed by atoms with Crippen LogP contribution in [-0.2, 0) is 13.0 Å². The van der Waals surface area contributed by atoms with Crippen molar-refractivity contribution in [3.63, 3.8) is 0 Å². The Balaban J connectivity index is 1.10. The Bertz CT molecular complexity index is 1690. The first-order valence-corrected chi connectivity index (χ1v) is 13.8. The van der Waals surface area contributed by atoms with Crippen LogP contribution in [0.3, 0.4) is 0 Å². The van der Waals surface area contributed by atoms with Gasteiger partial charge < -0.3 is 14.5 Å². The van der Waals surface area contributed by atoms with E-state index in [1.165, 1.54) is 22.9 Å². The van der Waals surface area contributed by atoms with Gasteiger partial charge in [-0.3, -0.25) is 14.3 Å². The lowest BCUT2D eigenvalue weighted by Gasteiger charge is -2.32. The first-order valence-electron chi connectivity index (χ1n) is 13.8. The van der Waals surface area contributed by atoms with Crippen molar-refractivity contribution < 1.29 is 9.13 Å². The van der Waals surface area contributed by atoms with E-state index >= 15 is 0 Å². The van der Waals surface area contributed by atoms with Crippen LogP contribution < -0.4 is 10.3 Å². The summed E-state index contributed by atoms with van der Waals surface area (Å²) in [6.45, 7) is 6.61. The fraction of sp³-hybridized carbons (Fsp3) is 0.323. The molecule has 0 bridgehead atoms. The van der Waals surface area contributed by atoms with Crippen molar-refractivity contribution in [1.82, 2.24) is 29.1 Å². The summed E-state index contributed by atoms with van der Waals surface area (Å²) in [6.07, 6.45) is 5.23. The number of rotatable bonds is 9. The molecule has 1 aliphatic rings. The van der Waals surface area contributed by atoms with Crippen LogP contribution in [0.1, 0.15) is 12.0 Å². The van der Waals surface area contributed by atoms with Crippen LogP contribution in [0.4, 0.5) is 4.39 Å². The molecule has 0 atom stereocenters. The molecule has 9 heteroatoms.